The molecule has 3 rings (SSSR count). The van der Waals surface area contributed by atoms with Gasteiger partial charge in [-0.25, -0.2) is 4.79 Å². The number of carbonyl (C=O) groups is 1. The second kappa shape index (κ2) is 11.4. The van der Waals surface area contributed by atoms with Gasteiger partial charge in [0.2, 0.25) is 0 Å². The number of anilines is 1. The van der Waals surface area contributed by atoms with Crippen LogP contribution in [0.15, 0.2) is 78.9 Å². The number of rotatable bonds is 10. The lowest BCUT2D eigenvalue weighted by Gasteiger charge is -2.20. The van der Waals surface area contributed by atoms with Crippen molar-refractivity contribution < 1.29 is 19.2 Å². The summed E-state index contributed by atoms with van der Waals surface area (Å²) in [7, 11) is 0. The molecule has 0 fully saturated rings. The zero-order valence-electron chi connectivity index (χ0n) is 17.7. The monoisotopic (exact) mass is 435 g/mol. The van der Waals surface area contributed by atoms with Gasteiger partial charge in [0.15, 0.2) is 0 Å². The molecule has 32 heavy (non-hydrogen) atoms. The summed E-state index contributed by atoms with van der Waals surface area (Å²) in [6, 6.07) is 22.7. The maximum absolute atomic E-state index is 12.4. The first kappa shape index (κ1) is 22.6. The molecule has 1 atom stereocenters. The van der Waals surface area contributed by atoms with Crippen LogP contribution in [0.3, 0.4) is 0 Å². The Balaban J connectivity index is 1.63. The molecule has 0 radical (unpaired) electrons. The van der Waals surface area contributed by atoms with E-state index in [9.17, 15) is 14.9 Å². The first-order valence-electron chi connectivity index (χ1n) is 10.2. The highest BCUT2D eigenvalue weighted by molar-refractivity contribution is 5.68. The molecular formula is C24H25N3O5. The standard InChI is InChI=1S/C24H25N3O5/c1-18-8-7-11-21(14-18)31-17-20(15-25-22-12-5-6-13-23(22)27(29)30)26-24(28)32-16-19-9-3-2-4-10-19/h2-14,20,25H,15-17H2,1H3,(H,26,28)/t20-/m0/s1. The Morgan fingerprint density at radius 3 is 2.53 bits per heavy atom. The minimum Gasteiger partial charge on any atom is -0.491 e. The summed E-state index contributed by atoms with van der Waals surface area (Å²) in [5, 5.41) is 17.1. The highest BCUT2D eigenvalue weighted by Gasteiger charge is 2.18. The summed E-state index contributed by atoms with van der Waals surface area (Å²) in [4.78, 5) is 23.2. The quantitative estimate of drug-likeness (QED) is 0.354. The van der Waals surface area contributed by atoms with Crippen LogP contribution in [0.4, 0.5) is 16.2 Å². The van der Waals surface area contributed by atoms with E-state index >= 15 is 0 Å². The normalized spacial score (nSPS) is 11.3. The first-order chi connectivity index (χ1) is 15.5. The number of nitrogens with zero attached hydrogens (tertiary/aromatic N) is 1. The van der Waals surface area contributed by atoms with Crippen molar-refractivity contribution in [2.24, 2.45) is 0 Å². The maximum Gasteiger partial charge on any atom is 0.407 e. The van der Waals surface area contributed by atoms with Crippen LogP contribution in [-0.2, 0) is 11.3 Å². The molecule has 2 N–H and O–H groups in total. The average Bonchev–Trinajstić information content (AvgIpc) is 2.80. The Bertz CT molecular complexity index is 1040. The predicted molar refractivity (Wildman–Crippen MR) is 122 cm³/mol. The largest absolute Gasteiger partial charge is 0.491 e. The van der Waals surface area contributed by atoms with E-state index in [0.29, 0.717) is 11.4 Å². The summed E-state index contributed by atoms with van der Waals surface area (Å²) in [5.74, 6) is 0.667. The van der Waals surface area contributed by atoms with Gasteiger partial charge in [0.25, 0.3) is 5.69 Å². The highest BCUT2D eigenvalue weighted by Crippen LogP contribution is 2.23. The topological polar surface area (TPSA) is 103 Å². The van der Waals surface area contributed by atoms with E-state index in [4.69, 9.17) is 9.47 Å². The summed E-state index contributed by atoms with van der Waals surface area (Å²) in [6.45, 7) is 2.45. The fraction of sp³-hybridized carbons (Fsp3) is 0.208. The van der Waals surface area contributed by atoms with Crippen molar-refractivity contribution in [1.82, 2.24) is 5.32 Å². The van der Waals surface area contributed by atoms with Crippen LogP contribution < -0.4 is 15.4 Å². The summed E-state index contributed by atoms with van der Waals surface area (Å²) >= 11 is 0. The molecule has 8 nitrogen and oxygen atoms in total. The van der Waals surface area contributed by atoms with E-state index in [1.807, 2.05) is 61.5 Å². The number of hydrogen-bond donors (Lipinski definition) is 2. The molecule has 0 bridgehead atoms. The number of ether oxygens (including phenoxy) is 2. The van der Waals surface area contributed by atoms with E-state index in [-0.39, 0.29) is 25.4 Å². The fourth-order valence-electron chi connectivity index (χ4n) is 3.00. The van der Waals surface area contributed by atoms with Crippen LogP contribution in [0.5, 0.6) is 5.75 Å². The van der Waals surface area contributed by atoms with Gasteiger partial charge >= 0.3 is 6.09 Å². The third-order valence-corrected chi connectivity index (χ3v) is 4.62. The van der Waals surface area contributed by atoms with Crippen molar-refractivity contribution in [3.8, 4) is 5.75 Å². The average molecular weight is 435 g/mol. The van der Waals surface area contributed by atoms with Crippen LogP contribution >= 0.6 is 0 Å². The number of nitrogens with one attached hydrogen (secondary N) is 2. The van der Waals surface area contributed by atoms with Gasteiger partial charge in [-0.15, -0.1) is 0 Å². The molecule has 0 spiro atoms. The van der Waals surface area contributed by atoms with Crippen molar-refractivity contribution >= 4 is 17.5 Å². The lowest BCUT2D eigenvalue weighted by atomic mass is 10.2. The minimum atomic E-state index is -0.601. The second-order valence-corrected chi connectivity index (χ2v) is 7.19. The zero-order chi connectivity index (χ0) is 22.8. The first-order valence-corrected chi connectivity index (χ1v) is 10.2. The summed E-state index contributed by atoms with van der Waals surface area (Å²) < 4.78 is 11.1. The van der Waals surface area contributed by atoms with Gasteiger partial charge < -0.3 is 20.1 Å². The van der Waals surface area contributed by atoms with Gasteiger partial charge in [-0.2, -0.15) is 0 Å². The number of nitro groups is 1. The summed E-state index contributed by atoms with van der Waals surface area (Å²) in [5.41, 5.74) is 2.23. The number of carbonyl (C=O) groups excluding carboxylic acids is 1. The van der Waals surface area contributed by atoms with E-state index in [2.05, 4.69) is 10.6 Å². The van der Waals surface area contributed by atoms with E-state index < -0.39 is 17.1 Å². The number of para-hydroxylation sites is 2. The molecule has 8 heteroatoms. The Morgan fingerprint density at radius 1 is 1.03 bits per heavy atom. The number of nitro benzene ring substituents is 1. The lowest BCUT2D eigenvalue weighted by molar-refractivity contribution is -0.384. The third-order valence-electron chi connectivity index (χ3n) is 4.62. The lowest BCUT2D eigenvalue weighted by Crippen LogP contribution is -2.44. The Morgan fingerprint density at radius 2 is 1.78 bits per heavy atom. The van der Waals surface area contributed by atoms with Crippen molar-refractivity contribution in [3.05, 3.63) is 100 Å². The van der Waals surface area contributed by atoms with E-state index in [1.54, 1.807) is 18.2 Å². The Labute approximate surface area is 186 Å². The Kier molecular flexibility index (Phi) is 8.02. The molecule has 0 aliphatic rings. The van der Waals surface area contributed by atoms with Gasteiger partial charge in [0, 0.05) is 12.6 Å². The van der Waals surface area contributed by atoms with Gasteiger partial charge in [-0.3, -0.25) is 10.1 Å². The van der Waals surface area contributed by atoms with Gasteiger partial charge in [-0.1, -0.05) is 54.6 Å². The van der Waals surface area contributed by atoms with Gasteiger partial charge in [-0.05, 0) is 36.2 Å². The molecule has 0 aromatic heterocycles. The van der Waals surface area contributed by atoms with Crippen LogP contribution in [0, 0.1) is 17.0 Å². The zero-order valence-corrected chi connectivity index (χ0v) is 17.7. The van der Waals surface area contributed by atoms with Crippen LogP contribution in [0.2, 0.25) is 0 Å². The highest BCUT2D eigenvalue weighted by atomic mass is 16.6. The SMILES string of the molecule is Cc1cccc(OC[C@H](CNc2ccccc2[N+](=O)[O-])NC(=O)OCc2ccccc2)c1. The number of amides is 1. The van der Waals surface area contributed by atoms with Crippen molar-refractivity contribution in [1.29, 1.82) is 0 Å². The molecule has 0 aliphatic carbocycles. The third kappa shape index (κ3) is 7.02. The molecule has 1 amide bonds. The molecule has 0 saturated heterocycles. The predicted octanol–water partition coefficient (Wildman–Crippen LogP) is 4.69. The van der Waals surface area contributed by atoms with Crippen molar-refractivity contribution in [2.45, 2.75) is 19.6 Å². The van der Waals surface area contributed by atoms with E-state index in [1.165, 1.54) is 6.07 Å². The molecule has 0 unspecified atom stereocenters. The van der Waals surface area contributed by atoms with Crippen molar-refractivity contribution in [3.63, 3.8) is 0 Å². The van der Waals surface area contributed by atoms with Crippen molar-refractivity contribution in [2.75, 3.05) is 18.5 Å². The van der Waals surface area contributed by atoms with E-state index in [0.717, 1.165) is 11.1 Å². The number of aryl methyl sites for hydroxylation is 1. The summed E-state index contributed by atoms with van der Waals surface area (Å²) in [6.07, 6.45) is -0.601. The maximum atomic E-state index is 12.4. The molecule has 3 aromatic carbocycles. The molecule has 0 aliphatic heterocycles. The second-order valence-electron chi connectivity index (χ2n) is 7.19. The molecule has 0 saturated carbocycles. The Hall–Kier alpha value is -4.07. The van der Waals surface area contributed by atoms with Crippen LogP contribution in [0.25, 0.3) is 0 Å². The molecular weight excluding hydrogens is 410 g/mol. The van der Waals surface area contributed by atoms with Crippen LogP contribution in [-0.4, -0.2) is 30.2 Å². The molecule has 166 valence electrons. The minimum absolute atomic E-state index is 0.0440. The number of hydrogen-bond acceptors (Lipinski definition) is 6. The molecule has 3 aromatic rings. The van der Waals surface area contributed by atoms with Crippen LogP contribution in [0.1, 0.15) is 11.1 Å². The number of benzene rings is 3. The fourth-order valence-corrected chi connectivity index (χ4v) is 3.00. The van der Waals surface area contributed by atoms with Gasteiger partial charge in [0.05, 0.1) is 11.0 Å². The smallest absolute Gasteiger partial charge is 0.407 e. The molecule has 0 heterocycles. The number of alkyl carbamates (subject to hydrolysis) is 1. The van der Waals surface area contributed by atoms with Gasteiger partial charge in [0.1, 0.15) is 24.7 Å².